The monoisotopic (exact) mass is 423 g/mol. The first kappa shape index (κ1) is 14.8. The highest BCUT2D eigenvalue weighted by Gasteiger charge is 2.17. The molecule has 0 unspecified atom stereocenters. The lowest BCUT2D eigenvalue weighted by Gasteiger charge is -2.10. The second-order valence-corrected chi connectivity index (χ2v) is 7.43. The predicted molar refractivity (Wildman–Crippen MR) is 84.1 cm³/mol. The highest BCUT2D eigenvalue weighted by atomic mass is 79.9. The molecule has 0 aliphatic rings. The number of anilines is 1. The molecule has 3 nitrogen and oxygen atoms in total. The number of rotatable bonds is 3. The molecule has 0 aliphatic carbocycles. The summed E-state index contributed by atoms with van der Waals surface area (Å²) in [6.07, 6.45) is 0. The third-order valence-corrected chi connectivity index (χ3v) is 5.91. The van der Waals surface area contributed by atoms with E-state index in [2.05, 4.69) is 36.6 Å². The summed E-state index contributed by atoms with van der Waals surface area (Å²) in [7, 11) is -3.63. The third kappa shape index (κ3) is 3.51. The van der Waals surface area contributed by atoms with Crippen LogP contribution >= 0.6 is 43.5 Å². The molecule has 0 atom stereocenters. The third-order valence-electron chi connectivity index (χ3n) is 2.30. The molecule has 100 valence electrons. The number of benzene rings is 2. The molecule has 0 fully saturated rings. The Bertz CT molecular complexity index is 719. The van der Waals surface area contributed by atoms with Crippen molar-refractivity contribution in [3.05, 3.63) is 56.4 Å². The Hall–Kier alpha value is -0.560. The van der Waals surface area contributed by atoms with Crippen LogP contribution in [-0.4, -0.2) is 8.42 Å². The lowest BCUT2D eigenvalue weighted by molar-refractivity contribution is 0.601. The van der Waals surface area contributed by atoms with E-state index in [1.54, 1.807) is 36.4 Å². The molecule has 0 saturated carbocycles. The Labute approximate surface area is 133 Å². The van der Waals surface area contributed by atoms with E-state index in [0.29, 0.717) is 19.7 Å². The molecule has 2 rings (SSSR count). The van der Waals surface area contributed by atoms with Gasteiger partial charge in [0.15, 0.2) is 0 Å². The molecule has 7 heteroatoms. The predicted octanol–water partition coefficient (Wildman–Crippen LogP) is 4.67. The average Bonchev–Trinajstić information content (AvgIpc) is 2.34. The van der Waals surface area contributed by atoms with E-state index in [4.69, 9.17) is 11.6 Å². The van der Waals surface area contributed by atoms with Gasteiger partial charge < -0.3 is 0 Å². The van der Waals surface area contributed by atoms with Crippen molar-refractivity contribution < 1.29 is 8.42 Å². The van der Waals surface area contributed by atoms with Crippen LogP contribution in [0.4, 0.5) is 5.69 Å². The lowest BCUT2D eigenvalue weighted by Crippen LogP contribution is -2.13. The van der Waals surface area contributed by atoms with Gasteiger partial charge in [0.25, 0.3) is 10.0 Å². The SMILES string of the molecule is O=S(=O)(Nc1ccc(Cl)c(Br)c1)c1ccccc1Br. The van der Waals surface area contributed by atoms with Gasteiger partial charge in [-0.05, 0) is 62.2 Å². The number of halogens is 3. The van der Waals surface area contributed by atoms with E-state index in [1.807, 2.05) is 0 Å². The van der Waals surface area contributed by atoms with Crippen LogP contribution in [0.15, 0.2) is 56.3 Å². The van der Waals surface area contributed by atoms with Gasteiger partial charge in [-0.25, -0.2) is 8.42 Å². The minimum Gasteiger partial charge on any atom is -0.280 e. The fraction of sp³-hybridized carbons (Fsp3) is 0. The average molecular weight is 426 g/mol. The molecule has 0 spiro atoms. The quantitative estimate of drug-likeness (QED) is 0.777. The Morgan fingerprint density at radius 3 is 2.32 bits per heavy atom. The normalized spacial score (nSPS) is 11.3. The molecule has 0 heterocycles. The number of hydrogen-bond donors (Lipinski definition) is 1. The molecule has 0 radical (unpaired) electrons. The minimum absolute atomic E-state index is 0.182. The van der Waals surface area contributed by atoms with Gasteiger partial charge in [0.2, 0.25) is 0 Å². The number of hydrogen-bond acceptors (Lipinski definition) is 2. The summed E-state index contributed by atoms with van der Waals surface area (Å²) in [5, 5.41) is 0.517. The summed E-state index contributed by atoms with van der Waals surface area (Å²) in [5.74, 6) is 0. The zero-order valence-corrected chi connectivity index (χ0v) is 14.1. The smallest absolute Gasteiger partial charge is 0.263 e. The number of nitrogens with one attached hydrogen (secondary N) is 1. The molecule has 2 aromatic rings. The molecule has 2 aromatic carbocycles. The van der Waals surface area contributed by atoms with Crippen molar-refractivity contribution in [1.82, 2.24) is 0 Å². The van der Waals surface area contributed by atoms with Crippen molar-refractivity contribution in [2.24, 2.45) is 0 Å². The molecule has 1 N–H and O–H groups in total. The first-order valence-corrected chi connectivity index (χ1v) is 8.57. The second kappa shape index (κ2) is 5.83. The van der Waals surface area contributed by atoms with Crippen molar-refractivity contribution in [2.45, 2.75) is 4.90 Å². The van der Waals surface area contributed by atoms with Gasteiger partial charge in [0.1, 0.15) is 4.90 Å². The summed E-state index contributed by atoms with van der Waals surface area (Å²) in [6, 6.07) is 11.4. The Morgan fingerprint density at radius 2 is 1.68 bits per heavy atom. The van der Waals surface area contributed by atoms with Gasteiger partial charge >= 0.3 is 0 Å². The second-order valence-electron chi connectivity index (χ2n) is 3.66. The van der Waals surface area contributed by atoms with Crippen LogP contribution in [0.2, 0.25) is 5.02 Å². The van der Waals surface area contributed by atoms with E-state index < -0.39 is 10.0 Å². The molecule has 0 aromatic heterocycles. The molecular weight excluding hydrogens is 417 g/mol. The number of sulfonamides is 1. The van der Waals surface area contributed by atoms with Crippen molar-refractivity contribution in [1.29, 1.82) is 0 Å². The van der Waals surface area contributed by atoms with Crippen LogP contribution in [0.3, 0.4) is 0 Å². The maximum Gasteiger partial charge on any atom is 0.263 e. The topological polar surface area (TPSA) is 46.2 Å². The van der Waals surface area contributed by atoms with Crippen LogP contribution in [0.25, 0.3) is 0 Å². The molecular formula is C12H8Br2ClNO2S. The van der Waals surface area contributed by atoms with E-state index in [0.717, 1.165) is 0 Å². The zero-order chi connectivity index (χ0) is 14.0. The van der Waals surface area contributed by atoms with Gasteiger partial charge in [-0.15, -0.1) is 0 Å². The van der Waals surface area contributed by atoms with Crippen LogP contribution in [0.1, 0.15) is 0 Å². The van der Waals surface area contributed by atoms with Gasteiger partial charge in [0, 0.05) is 8.95 Å². The fourth-order valence-corrected chi connectivity index (χ4v) is 3.98. The van der Waals surface area contributed by atoms with Crippen molar-refractivity contribution >= 4 is 59.2 Å². The highest BCUT2D eigenvalue weighted by molar-refractivity contribution is 9.10. The molecule has 19 heavy (non-hydrogen) atoms. The Balaban J connectivity index is 2.37. The molecule has 0 amide bonds. The van der Waals surface area contributed by atoms with Gasteiger partial charge in [0.05, 0.1) is 10.7 Å². The Morgan fingerprint density at radius 1 is 1.00 bits per heavy atom. The van der Waals surface area contributed by atoms with Crippen molar-refractivity contribution in [3.63, 3.8) is 0 Å². The van der Waals surface area contributed by atoms with Crippen LogP contribution in [0, 0.1) is 0 Å². The Kier molecular flexibility index (Phi) is 4.55. The lowest BCUT2D eigenvalue weighted by atomic mass is 10.3. The van der Waals surface area contributed by atoms with Gasteiger partial charge in [-0.1, -0.05) is 23.7 Å². The summed E-state index contributed by atoms with van der Waals surface area (Å²) in [4.78, 5) is 0.182. The molecule has 0 bridgehead atoms. The zero-order valence-electron chi connectivity index (χ0n) is 9.40. The highest BCUT2D eigenvalue weighted by Crippen LogP contribution is 2.28. The molecule has 0 aliphatic heterocycles. The van der Waals surface area contributed by atoms with Crippen LogP contribution in [-0.2, 0) is 10.0 Å². The van der Waals surface area contributed by atoms with E-state index >= 15 is 0 Å². The summed E-state index contributed by atoms with van der Waals surface area (Å²) in [6.45, 7) is 0. The standard InChI is InChI=1S/C12H8Br2ClNO2S/c13-9-3-1-2-4-12(9)19(17,18)16-8-5-6-11(15)10(14)7-8/h1-7,16H. The summed E-state index contributed by atoms with van der Waals surface area (Å²) >= 11 is 12.3. The van der Waals surface area contributed by atoms with E-state index in [9.17, 15) is 8.42 Å². The minimum atomic E-state index is -3.63. The van der Waals surface area contributed by atoms with Crippen molar-refractivity contribution in [2.75, 3.05) is 4.72 Å². The van der Waals surface area contributed by atoms with Gasteiger partial charge in [-0.2, -0.15) is 0 Å². The fourth-order valence-electron chi connectivity index (χ4n) is 1.43. The molecule has 0 saturated heterocycles. The van der Waals surface area contributed by atoms with E-state index in [-0.39, 0.29) is 4.90 Å². The first-order valence-electron chi connectivity index (χ1n) is 5.12. The van der Waals surface area contributed by atoms with Crippen LogP contribution < -0.4 is 4.72 Å². The maximum absolute atomic E-state index is 12.2. The summed E-state index contributed by atoms with van der Waals surface area (Å²) < 4.78 is 28.1. The largest absolute Gasteiger partial charge is 0.280 e. The maximum atomic E-state index is 12.2. The van der Waals surface area contributed by atoms with Gasteiger partial charge in [-0.3, -0.25) is 4.72 Å². The first-order chi connectivity index (χ1) is 8.90. The summed E-state index contributed by atoms with van der Waals surface area (Å²) in [5.41, 5.74) is 0.437. The van der Waals surface area contributed by atoms with Crippen molar-refractivity contribution in [3.8, 4) is 0 Å². The van der Waals surface area contributed by atoms with Crippen LogP contribution in [0.5, 0.6) is 0 Å². The van der Waals surface area contributed by atoms with E-state index in [1.165, 1.54) is 6.07 Å².